The zero-order valence-electron chi connectivity index (χ0n) is 22.7. The predicted octanol–water partition coefficient (Wildman–Crippen LogP) is 4.93. The third kappa shape index (κ3) is 7.45. The maximum atomic E-state index is 13.5. The second-order valence-electron chi connectivity index (χ2n) is 9.72. The summed E-state index contributed by atoms with van der Waals surface area (Å²) in [4.78, 5) is 48.6. The molecule has 40 heavy (non-hydrogen) atoms. The summed E-state index contributed by atoms with van der Waals surface area (Å²) >= 11 is 1.52. The van der Waals surface area contributed by atoms with Gasteiger partial charge in [0.15, 0.2) is 5.43 Å². The molecule has 8 nitrogen and oxygen atoms in total. The largest absolute Gasteiger partial charge is 0.489 e. The highest BCUT2D eigenvalue weighted by atomic mass is 32.1. The van der Waals surface area contributed by atoms with E-state index in [-0.39, 0.29) is 24.5 Å². The van der Waals surface area contributed by atoms with Crippen molar-refractivity contribution in [2.45, 2.75) is 45.8 Å². The molecule has 0 radical (unpaired) electrons. The van der Waals surface area contributed by atoms with E-state index in [4.69, 9.17) is 14.2 Å². The zero-order chi connectivity index (χ0) is 28.7. The summed E-state index contributed by atoms with van der Waals surface area (Å²) in [6.45, 7) is 3.97. The fourth-order valence-corrected chi connectivity index (χ4v) is 5.46. The standard InChI is InChI=1S/C31H31NO7S/c1-20(33)32-31(18-38-21(2)34,19-39-22(3)35)14-13-23-9-11-28-26(15-23)30(36)27-16-25(10-12-29(27)40-28)37-17-24-7-5-4-6-8-24/h4-12,15-16H,13-14,17-19H2,1-3H3,(H,32,33). The normalized spacial score (nSPS) is 11.3. The second kappa shape index (κ2) is 12.7. The highest BCUT2D eigenvalue weighted by molar-refractivity contribution is 7.24. The van der Waals surface area contributed by atoms with Gasteiger partial charge in [-0.25, -0.2) is 0 Å². The molecule has 4 aromatic rings. The molecular formula is C31H31NO7S. The number of nitrogens with one attached hydrogen (secondary N) is 1. The Bertz CT molecular complexity index is 1580. The molecule has 0 saturated heterocycles. The minimum atomic E-state index is -1.12. The Morgan fingerprint density at radius 2 is 1.43 bits per heavy atom. The predicted molar refractivity (Wildman–Crippen MR) is 155 cm³/mol. The SMILES string of the molecule is CC(=O)NC(CCc1ccc2sc3ccc(OCc4ccccc4)cc3c(=O)c2c1)(COC(C)=O)COC(C)=O. The van der Waals surface area contributed by atoms with Crippen LogP contribution in [0.5, 0.6) is 5.75 Å². The molecule has 1 heterocycles. The molecule has 0 atom stereocenters. The Morgan fingerprint density at radius 3 is 2.05 bits per heavy atom. The molecule has 1 amide bonds. The molecule has 0 aliphatic heterocycles. The van der Waals surface area contributed by atoms with Crippen LogP contribution in [0.4, 0.5) is 0 Å². The first kappa shape index (κ1) is 28.8. The topological polar surface area (TPSA) is 108 Å². The van der Waals surface area contributed by atoms with Crippen LogP contribution in [0.25, 0.3) is 20.2 Å². The van der Waals surface area contributed by atoms with Crippen molar-refractivity contribution < 1.29 is 28.6 Å². The van der Waals surface area contributed by atoms with Gasteiger partial charge in [-0.2, -0.15) is 0 Å². The number of amides is 1. The lowest BCUT2D eigenvalue weighted by Gasteiger charge is -2.33. The highest BCUT2D eigenvalue weighted by Crippen LogP contribution is 2.29. The van der Waals surface area contributed by atoms with Crippen molar-refractivity contribution in [1.82, 2.24) is 5.32 Å². The van der Waals surface area contributed by atoms with Crippen LogP contribution >= 0.6 is 11.3 Å². The molecule has 0 aliphatic rings. The van der Waals surface area contributed by atoms with E-state index in [9.17, 15) is 19.2 Å². The molecule has 1 N–H and O–H groups in total. The first-order valence-corrected chi connectivity index (χ1v) is 13.7. The average molecular weight is 562 g/mol. The van der Waals surface area contributed by atoms with Crippen molar-refractivity contribution in [1.29, 1.82) is 0 Å². The first-order chi connectivity index (χ1) is 19.1. The minimum absolute atomic E-state index is 0.0938. The van der Waals surface area contributed by atoms with Crippen molar-refractivity contribution >= 4 is 49.4 Å². The lowest BCUT2D eigenvalue weighted by Crippen LogP contribution is -2.55. The summed E-state index contributed by atoms with van der Waals surface area (Å²) in [5, 5.41) is 3.97. The van der Waals surface area contributed by atoms with E-state index in [1.807, 2.05) is 60.7 Å². The van der Waals surface area contributed by atoms with Crippen molar-refractivity contribution in [2.75, 3.05) is 13.2 Å². The van der Waals surface area contributed by atoms with Gasteiger partial charge in [0.2, 0.25) is 5.91 Å². The molecule has 0 unspecified atom stereocenters. The van der Waals surface area contributed by atoms with E-state index < -0.39 is 17.5 Å². The van der Waals surface area contributed by atoms with E-state index in [2.05, 4.69) is 5.32 Å². The fourth-order valence-electron chi connectivity index (χ4n) is 4.43. The number of esters is 2. The summed E-state index contributed by atoms with van der Waals surface area (Å²) in [6, 6.07) is 21.1. The Labute approximate surface area is 235 Å². The zero-order valence-corrected chi connectivity index (χ0v) is 23.5. The van der Waals surface area contributed by atoms with Crippen molar-refractivity contribution in [2.24, 2.45) is 0 Å². The smallest absolute Gasteiger partial charge is 0.302 e. The summed E-state index contributed by atoms with van der Waals surface area (Å²) in [6.07, 6.45) is 0.739. The van der Waals surface area contributed by atoms with Crippen LogP contribution < -0.4 is 15.5 Å². The lowest BCUT2D eigenvalue weighted by molar-refractivity contribution is -0.150. The number of hydrogen-bond acceptors (Lipinski definition) is 8. The number of aryl methyl sites for hydroxylation is 1. The summed E-state index contributed by atoms with van der Waals surface area (Å²) < 4.78 is 18.1. The van der Waals surface area contributed by atoms with Crippen LogP contribution in [0.15, 0.2) is 71.5 Å². The van der Waals surface area contributed by atoms with E-state index in [0.717, 1.165) is 20.5 Å². The van der Waals surface area contributed by atoms with E-state index in [1.165, 1.54) is 32.1 Å². The molecule has 4 rings (SSSR count). The molecular weight excluding hydrogens is 530 g/mol. The Kier molecular flexibility index (Phi) is 9.16. The van der Waals surface area contributed by atoms with E-state index in [0.29, 0.717) is 36.0 Å². The maximum absolute atomic E-state index is 13.5. The number of hydrogen-bond donors (Lipinski definition) is 1. The van der Waals surface area contributed by atoms with Gasteiger partial charge in [-0.05, 0) is 54.3 Å². The van der Waals surface area contributed by atoms with Gasteiger partial charge in [-0.1, -0.05) is 36.4 Å². The van der Waals surface area contributed by atoms with Gasteiger partial charge in [0, 0.05) is 40.9 Å². The van der Waals surface area contributed by atoms with Gasteiger partial charge < -0.3 is 19.5 Å². The van der Waals surface area contributed by atoms with Gasteiger partial charge in [-0.15, -0.1) is 11.3 Å². The summed E-state index contributed by atoms with van der Waals surface area (Å²) in [5.41, 5.74) is 0.681. The number of carbonyl (C=O) groups excluding carboxylic acids is 3. The third-order valence-electron chi connectivity index (χ3n) is 6.39. The third-order valence-corrected chi connectivity index (χ3v) is 7.54. The molecule has 0 saturated carbocycles. The minimum Gasteiger partial charge on any atom is -0.489 e. The number of rotatable bonds is 11. The molecule has 3 aromatic carbocycles. The summed E-state index contributed by atoms with van der Waals surface area (Å²) in [5.74, 6) is -0.759. The molecule has 0 bridgehead atoms. The maximum Gasteiger partial charge on any atom is 0.302 e. The van der Waals surface area contributed by atoms with E-state index >= 15 is 0 Å². The van der Waals surface area contributed by atoms with Gasteiger partial charge in [0.1, 0.15) is 31.1 Å². The Hall–Kier alpha value is -4.24. The molecule has 1 aromatic heterocycles. The van der Waals surface area contributed by atoms with Crippen molar-refractivity contribution in [3.05, 3.63) is 88.1 Å². The molecule has 9 heteroatoms. The van der Waals surface area contributed by atoms with Crippen LogP contribution in [0, 0.1) is 0 Å². The van der Waals surface area contributed by atoms with Gasteiger partial charge >= 0.3 is 11.9 Å². The van der Waals surface area contributed by atoms with Crippen LogP contribution in [0.1, 0.15) is 38.3 Å². The van der Waals surface area contributed by atoms with Gasteiger partial charge in [0.05, 0.1) is 0 Å². The van der Waals surface area contributed by atoms with Gasteiger partial charge in [-0.3, -0.25) is 19.2 Å². The van der Waals surface area contributed by atoms with E-state index in [1.54, 1.807) is 6.07 Å². The molecule has 0 spiro atoms. The lowest BCUT2D eigenvalue weighted by atomic mass is 9.92. The Balaban J connectivity index is 1.60. The number of benzene rings is 3. The fraction of sp³-hybridized carbons (Fsp3) is 0.290. The quantitative estimate of drug-likeness (QED) is 0.204. The van der Waals surface area contributed by atoms with Crippen molar-refractivity contribution in [3.63, 3.8) is 0 Å². The molecule has 0 fully saturated rings. The molecule has 208 valence electrons. The number of carbonyl (C=O) groups is 3. The van der Waals surface area contributed by atoms with Crippen LogP contribution in [-0.2, 0) is 36.9 Å². The number of fused-ring (bicyclic) bond motifs is 2. The van der Waals surface area contributed by atoms with Crippen LogP contribution in [0.3, 0.4) is 0 Å². The monoisotopic (exact) mass is 561 g/mol. The average Bonchev–Trinajstić information content (AvgIpc) is 2.93. The molecule has 0 aliphatic carbocycles. The second-order valence-corrected chi connectivity index (χ2v) is 10.8. The van der Waals surface area contributed by atoms with Gasteiger partial charge in [0.25, 0.3) is 0 Å². The van der Waals surface area contributed by atoms with Crippen LogP contribution in [-0.4, -0.2) is 36.6 Å². The summed E-state index contributed by atoms with van der Waals surface area (Å²) in [7, 11) is 0. The van der Waals surface area contributed by atoms with Crippen LogP contribution in [0.2, 0.25) is 0 Å². The van der Waals surface area contributed by atoms with Crippen molar-refractivity contribution in [3.8, 4) is 5.75 Å². The highest BCUT2D eigenvalue weighted by Gasteiger charge is 2.34. The Morgan fingerprint density at radius 1 is 0.800 bits per heavy atom. The number of ether oxygens (including phenoxy) is 3. The first-order valence-electron chi connectivity index (χ1n) is 12.9.